The van der Waals surface area contributed by atoms with Crippen LogP contribution in [0.2, 0.25) is 0 Å². The number of rotatable bonds is 5. The highest BCUT2D eigenvalue weighted by Crippen LogP contribution is 2.26. The van der Waals surface area contributed by atoms with Crippen LogP contribution in [0.1, 0.15) is 43.0 Å². The lowest BCUT2D eigenvalue weighted by Crippen LogP contribution is -2.26. The highest BCUT2D eigenvalue weighted by Gasteiger charge is 2.15. The van der Waals surface area contributed by atoms with Gasteiger partial charge in [-0.05, 0) is 44.0 Å². The Hall–Kier alpha value is -3.21. The Labute approximate surface area is 171 Å². The number of nitrogens with zero attached hydrogens (tertiary/aromatic N) is 3. The molecule has 0 amide bonds. The number of carbonyl (C=O) groups excluding carboxylic acids is 1. The molecule has 0 bridgehead atoms. The topological polar surface area (TPSA) is 58.1 Å². The number of ketones is 1. The summed E-state index contributed by atoms with van der Waals surface area (Å²) in [5.41, 5.74) is 3.58. The molecule has 1 saturated heterocycles. The van der Waals surface area contributed by atoms with E-state index in [-0.39, 0.29) is 5.78 Å². The first-order valence-corrected chi connectivity index (χ1v) is 10.3. The predicted molar refractivity (Wildman–Crippen MR) is 118 cm³/mol. The smallest absolute Gasteiger partial charge is 0.227 e. The van der Waals surface area contributed by atoms with Gasteiger partial charge in [-0.1, -0.05) is 43.2 Å². The van der Waals surface area contributed by atoms with Crippen LogP contribution in [-0.4, -0.2) is 28.8 Å². The summed E-state index contributed by atoms with van der Waals surface area (Å²) >= 11 is 0. The third-order valence-corrected chi connectivity index (χ3v) is 5.24. The predicted octanol–water partition coefficient (Wildman–Crippen LogP) is 5.47. The van der Waals surface area contributed by atoms with Crippen molar-refractivity contribution >= 4 is 23.2 Å². The molecule has 0 saturated carbocycles. The van der Waals surface area contributed by atoms with Crippen LogP contribution in [0.5, 0.6) is 0 Å². The quantitative estimate of drug-likeness (QED) is 0.589. The van der Waals surface area contributed by atoms with Gasteiger partial charge in [-0.25, -0.2) is 4.98 Å². The van der Waals surface area contributed by atoms with E-state index in [0.717, 1.165) is 41.8 Å². The maximum absolute atomic E-state index is 11.5. The molecule has 148 valence electrons. The van der Waals surface area contributed by atoms with E-state index in [4.69, 9.17) is 9.97 Å². The molecule has 2 aromatic carbocycles. The molecule has 0 spiro atoms. The fourth-order valence-electron chi connectivity index (χ4n) is 3.60. The first-order chi connectivity index (χ1) is 14.2. The maximum Gasteiger partial charge on any atom is 0.227 e. The van der Waals surface area contributed by atoms with Crippen LogP contribution in [0, 0.1) is 0 Å². The third-order valence-electron chi connectivity index (χ3n) is 5.24. The summed E-state index contributed by atoms with van der Waals surface area (Å²) in [4.78, 5) is 23.5. The van der Waals surface area contributed by atoms with E-state index in [1.165, 1.54) is 25.7 Å². The second-order valence-electron chi connectivity index (χ2n) is 7.46. The zero-order valence-electron chi connectivity index (χ0n) is 16.8. The van der Waals surface area contributed by atoms with Gasteiger partial charge in [0.15, 0.2) is 5.78 Å². The summed E-state index contributed by atoms with van der Waals surface area (Å²) < 4.78 is 0. The number of hydrogen-bond acceptors (Lipinski definition) is 5. The van der Waals surface area contributed by atoms with Crippen LogP contribution in [0.3, 0.4) is 0 Å². The van der Waals surface area contributed by atoms with E-state index in [0.29, 0.717) is 5.56 Å². The molecular formula is C24H26N4O. The highest BCUT2D eigenvalue weighted by molar-refractivity contribution is 5.94. The Bertz CT molecular complexity index is 962. The molecule has 29 heavy (non-hydrogen) atoms. The number of aromatic nitrogens is 2. The second kappa shape index (κ2) is 8.86. The Morgan fingerprint density at radius 3 is 2.24 bits per heavy atom. The Morgan fingerprint density at radius 2 is 1.59 bits per heavy atom. The lowest BCUT2D eigenvalue weighted by molar-refractivity contribution is 0.101. The van der Waals surface area contributed by atoms with E-state index in [1.807, 2.05) is 48.5 Å². The standard InChI is InChI=1S/C24H26N4O/c1-18(29)19-11-13-21(14-12-19)25-23-17-22(20-9-5-4-6-10-20)26-24(27-23)28-15-7-2-3-8-16-28/h4-6,9-14,17H,2-3,7-8,15-16H2,1H3,(H,25,26,27). The van der Waals surface area contributed by atoms with Gasteiger partial charge in [-0.3, -0.25) is 4.79 Å². The number of carbonyl (C=O) groups is 1. The number of anilines is 3. The van der Waals surface area contributed by atoms with Gasteiger partial charge < -0.3 is 10.2 Å². The van der Waals surface area contributed by atoms with Gasteiger partial charge in [0.2, 0.25) is 5.95 Å². The van der Waals surface area contributed by atoms with Crippen LogP contribution < -0.4 is 10.2 Å². The second-order valence-corrected chi connectivity index (χ2v) is 7.46. The first kappa shape index (κ1) is 19.1. The maximum atomic E-state index is 11.5. The van der Waals surface area contributed by atoms with E-state index >= 15 is 0 Å². The molecule has 1 fully saturated rings. The van der Waals surface area contributed by atoms with Crippen molar-refractivity contribution in [3.05, 3.63) is 66.2 Å². The van der Waals surface area contributed by atoms with Gasteiger partial charge in [0.1, 0.15) is 5.82 Å². The summed E-state index contributed by atoms with van der Waals surface area (Å²) in [7, 11) is 0. The lowest BCUT2D eigenvalue weighted by atomic mass is 10.1. The van der Waals surface area contributed by atoms with Crippen molar-refractivity contribution in [2.45, 2.75) is 32.6 Å². The number of Topliss-reactive ketones (excluding diaryl/α,β-unsaturated/α-hetero) is 1. The molecule has 1 aromatic heterocycles. The molecule has 0 unspecified atom stereocenters. The number of nitrogens with one attached hydrogen (secondary N) is 1. The fraction of sp³-hybridized carbons (Fsp3) is 0.292. The van der Waals surface area contributed by atoms with Gasteiger partial charge in [0.05, 0.1) is 5.69 Å². The van der Waals surface area contributed by atoms with Crippen molar-refractivity contribution in [3.8, 4) is 11.3 Å². The van der Waals surface area contributed by atoms with E-state index in [9.17, 15) is 4.79 Å². The normalized spacial score (nSPS) is 14.3. The summed E-state index contributed by atoms with van der Waals surface area (Å²) in [5, 5.41) is 3.39. The fourth-order valence-corrected chi connectivity index (χ4v) is 3.60. The van der Waals surface area contributed by atoms with Crippen molar-refractivity contribution in [1.29, 1.82) is 0 Å². The van der Waals surface area contributed by atoms with E-state index in [1.54, 1.807) is 6.92 Å². The monoisotopic (exact) mass is 386 g/mol. The minimum Gasteiger partial charge on any atom is -0.341 e. The van der Waals surface area contributed by atoms with Crippen molar-refractivity contribution in [2.24, 2.45) is 0 Å². The average Bonchev–Trinajstić information content (AvgIpc) is 3.04. The van der Waals surface area contributed by atoms with Gasteiger partial charge in [0.25, 0.3) is 0 Å². The van der Waals surface area contributed by atoms with Crippen LogP contribution >= 0.6 is 0 Å². The van der Waals surface area contributed by atoms with Gasteiger partial charge in [-0.2, -0.15) is 4.98 Å². The first-order valence-electron chi connectivity index (χ1n) is 10.3. The van der Waals surface area contributed by atoms with Crippen molar-refractivity contribution in [1.82, 2.24) is 9.97 Å². The minimum absolute atomic E-state index is 0.0633. The van der Waals surface area contributed by atoms with Crippen molar-refractivity contribution in [3.63, 3.8) is 0 Å². The Morgan fingerprint density at radius 1 is 0.897 bits per heavy atom. The van der Waals surface area contributed by atoms with Gasteiger partial charge in [0, 0.05) is 36.0 Å². The molecule has 1 N–H and O–H groups in total. The third kappa shape index (κ3) is 4.80. The molecular weight excluding hydrogens is 360 g/mol. The molecule has 4 rings (SSSR count). The largest absolute Gasteiger partial charge is 0.341 e. The summed E-state index contributed by atoms with van der Waals surface area (Å²) in [6.45, 7) is 3.56. The molecule has 5 nitrogen and oxygen atoms in total. The summed E-state index contributed by atoms with van der Waals surface area (Å²) in [5.74, 6) is 1.60. The average molecular weight is 386 g/mol. The molecule has 0 radical (unpaired) electrons. The van der Waals surface area contributed by atoms with Crippen LogP contribution in [-0.2, 0) is 0 Å². The van der Waals surface area contributed by atoms with Crippen LogP contribution in [0.4, 0.5) is 17.5 Å². The molecule has 5 heteroatoms. The van der Waals surface area contributed by atoms with Crippen molar-refractivity contribution in [2.75, 3.05) is 23.3 Å². The molecule has 2 heterocycles. The van der Waals surface area contributed by atoms with Gasteiger partial charge in [-0.15, -0.1) is 0 Å². The SMILES string of the molecule is CC(=O)c1ccc(Nc2cc(-c3ccccc3)nc(N3CCCCCC3)n2)cc1. The van der Waals surface area contributed by atoms with Crippen LogP contribution in [0.15, 0.2) is 60.7 Å². The Kier molecular flexibility index (Phi) is 5.84. The molecule has 0 aliphatic carbocycles. The Balaban J connectivity index is 1.68. The van der Waals surface area contributed by atoms with Gasteiger partial charge >= 0.3 is 0 Å². The zero-order valence-corrected chi connectivity index (χ0v) is 16.8. The molecule has 3 aromatic rings. The minimum atomic E-state index is 0.0633. The summed E-state index contributed by atoms with van der Waals surface area (Å²) in [6.07, 6.45) is 4.88. The molecule has 0 atom stereocenters. The summed E-state index contributed by atoms with van der Waals surface area (Å²) in [6, 6.07) is 19.7. The van der Waals surface area contributed by atoms with Crippen LogP contribution in [0.25, 0.3) is 11.3 Å². The number of hydrogen-bond donors (Lipinski definition) is 1. The molecule has 1 aliphatic rings. The number of benzene rings is 2. The lowest BCUT2D eigenvalue weighted by Gasteiger charge is -2.21. The van der Waals surface area contributed by atoms with E-state index < -0.39 is 0 Å². The molecule has 1 aliphatic heterocycles. The zero-order chi connectivity index (χ0) is 20.1. The van der Waals surface area contributed by atoms with E-state index in [2.05, 4.69) is 22.3 Å². The highest BCUT2D eigenvalue weighted by atomic mass is 16.1. The van der Waals surface area contributed by atoms with Crippen molar-refractivity contribution < 1.29 is 4.79 Å².